The van der Waals surface area contributed by atoms with E-state index in [1.807, 2.05) is 0 Å². The van der Waals surface area contributed by atoms with E-state index in [0.717, 1.165) is 43.8 Å². The summed E-state index contributed by atoms with van der Waals surface area (Å²) in [4.78, 5) is 21.8. The van der Waals surface area contributed by atoms with Crippen LogP contribution in [0.4, 0.5) is 0 Å². The third-order valence-corrected chi connectivity index (χ3v) is 4.47. The molecule has 1 saturated carbocycles. The van der Waals surface area contributed by atoms with Gasteiger partial charge >= 0.3 is 5.97 Å². The molecule has 2 N–H and O–H groups in total. The first-order chi connectivity index (χ1) is 8.85. The van der Waals surface area contributed by atoms with Crippen LogP contribution in [0.2, 0.25) is 0 Å². The van der Waals surface area contributed by atoms with Gasteiger partial charge in [0, 0.05) is 18.2 Å². The van der Waals surface area contributed by atoms with Gasteiger partial charge in [-0.15, -0.1) is 0 Å². The van der Waals surface area contributed by atoms with Crippen LogP contribution in [0.15, 0.2) is 12.2 Å². The molecule has 0 atom stereocenters. The van der Waals surface area contributed by atoms with Crippen molar-refractivity contribution in [3.05, 3.63) is 12.2 Å². The highest BCUT2D eigenvalue weighted by Gasteiger charge is 2.31. The van der Waals surface area contributed by atoms with E-state index in [0.29, 0.717) is 5.41 Å². The van der Waals surface area contributed by atoms with Crippen LogP contribution in [0, 0.1) is 11.3 Å². The zero-order valence-corrected chi connectivity index (χ0v) is 12.1. The van der Waals surface area contributed by atoms with E-state index >= 15 is 0 Å². The number of carboxylic acid groups (broad SMARTS) is 1. The van der Waals surface area contributed by atoms with Gasteiger partial charge in [-0.1, -0.05) is 27.2 Å². The molecule has 0 aliphatic heterocycles. The number of nitrogens with one attached hydrogen (secondary N) is 1. The van der Waals surface area contributed by atoms with E-state index in [-0.39, 0.29) is 11.9 Å². The van der Waals surface area contributed by atoms with Crippen LogP contribution in [0.25, 0.3) is 0 Å². The van der Waals surface area contributed by atoms with Crippen molar-refractivity contribution in [3.8, 4) is 0 Å². The number of hydrogen-bond donors (Lipinski definition) is 2. The average Bonchev–Trinajstić information content (AvgIpc) is 2.37. The van der Waals surface area contributed by atoms with Gasteiger partial charge in [0.05, 0.1) is 0 Å². The first-order valence-corrected chi connectivity index (χ1v) is 7.06. The first kappa shape index (κ1) is 15.7. The molecule has 0 aromatic rings. The molecular weight excluding hydrogens is 242 g/mol. The Morgan fingerprint density at radius 1 is 1.21 bits per heavy atom. The Bertz CT molecular complexity index is 352. The SMILES string of the molecule is CCC(C)(C)C1CCC(NC(=O)/C=C/C(=O)O)CC1. The fraction of sp³-hybridized carbons (Fsp3) is 0.733. The van der Waals surface area contributed by atoms with Crippen LogP contribution >= 0.6 is 0 Å². The number of aliphatic carboxylic acids is 1. The third kappa shape index (κ3) is 5.05. The quantitative estimate of drug-likeness (QED) is 0.753. The monoisotopic (exact) mass is 267 g/mol. The number of rotatable bonds is 5. The van der Waals surface area contributed by atoms with Crippen molar-refractivity contribution in [1.29, 1.82) is 0 Å². The largest absolute Gasteiger partial charge is 0.478 e. The minimum Gasteiger partial charge on any atom is -0.478 e. The molecule has 0 radical (unpaired) electrons. The van der Waals surface area contributed by atoms with Gasteiger partial charge in [0.1, 0.15) is 0 Å². The van der Waals surface area contributed by atoms with Crippen molar-refractivity contribution in [2.45, 2.75) is 58.9 Å². The smallest absolute Gasteiger partial charge is 0.328 e. The minimum absolute atomic E-state index is 0.190. The normalized spacial score (nSPS) is 24.4. The number of carbonyl (C=O) groups excluding carboxylic acids is 1. The van der Waals surface area contributed by atoms with Gasteiger partial charge < -0.3 is 10.4 Å². The van der Waals surface area contributed by atoms with E-state index in [2.05, 4.69) is 26.1 Å². The summed E-state index contributed by atoms with van der Waals surface area (Å²) < 4.78 is 0. The van der Waals surface area contributed by atoms with Gasteiger partial charge in [-0.2, -0.15) is 0 Å². The lowest BCUT2D eigenvalue weighted by atomic mass is 9.69. The van der Waals surface area contributed by atoms with E-state index < -0.39 is 5.97 Å². The van der Waals surface area contributed by atoms with Crippen molar-refractivity contribution in [1.82, 2.24) is 5.32 Å². The summed E-state index contributed by atoms with van der Waals surface area (Å²) >= 11 is 0. The molecule has 0 heterocycles. The number of hydrogen-bond acceptors (Lipinski definition) is 2. The summed E-state index contributed by atoms with van der Waals surface area (Å²) in [5.41, 5.74) is 0.373. The van der Waals surface area contributed by atoms with Gasteiger partial charge in [0.15, 0.2) is 0 Å². The zero-order valence-electron chi connectivity index (χ0n) is 12.1. The maximum atomic E-state index is 11.5. The standard InChI is InChI=1S/C15H25NO3/c1-4-15(2,3)11-5-7-12(8-6-11)16-13(17)9-10-14(18)19/h9-12H,4-8H2,1-3H3,(H,16,17)(H,18,19)/b10-9+. The third-order valence-electron chi connectivity index (χ3n) is 4.47. The summed E-state index contributed by atoms with van der Waals surface area (Å²) in [6.07, 6.45) is 7.38. The summed E-state index contributed by atoms with van der Waals surface area (Å²) in [6.45, 7) is 6.85. The molecular formula is C15H25NO3. The molecule has 1 aliphatic rings. The lowest BCUT2D eigenvalue weighted by molar-refractivity contribution is -0.131. The first-order valence-electron chi connectivity index (χ1n) is 7.06. The molecule has 0 unspecified atom stereocenters. The molecule has 1 aliphatic carbocycles. The highest BCUT2D eigenvalue weighted by molar-refractivity contribution is 5.93. The summed E-state index contributed by atoms with van der Waals surface area (Å²) in [5, 5.41) is 11.3. The molecule has 1 fully saturated rings. The van der Waals surface area contributed by atoms with Crippen molar-refractivity contribution in [3.63, 3.8) is 0 Å². The summed E-state index contributed by atoms with van der Waals surface area (Å²) in [6, 6.07) is 0.190. The van der Waals surface area contributed by atoms with Crippen LogP contribution < -0.4 is 5.32 Å². The van der Waals surface area contributed by atoms with Crippen molar-refractivity contribution in [2.24, 2.45) is 11.3 Å². The molecule has 0 bridgehead atoms. The average molecular weight is 267 g/mol. The van der Waals surface area contributed by atoms with Gasteiger partial charge in [-0.05, 0) is 37.0 Å². The molecule has 1 amide bonds. The lowest BCUT2D eigenvalue weighted by Gasteiger charge is -2.39. The highest BCUT2D eigenvalue weighted by atomic mass is 16.4. The minimum atomic E-state index is -1.09. The Balaban J connectivity index is 2.38. The Morgan fingerprint density at radius 2 is 1.79 bits per heavy atom. The number of carboxylic acids is 1. The molecule has 0 saturated heterocycles. The summed E-state index contributed by atoms with van der Waals surface area (Å²) in [5.74, 6) is -0.677. The molecule has 0 spiro atoms. The molecule has 4 heteroatoms. The molecule has 19 heavy (non-hydrogen) atoms. The van der Waals surface area contributed by atoms with Crippen LogP contribution in [0.1, 0.15) is 52.9 Å². The molecule has 0 aromatic carbocycles. The topological polar surface area (TPSA) is 66.4 Å². The van der Waals surface area contributed by atoms with Gasteiger partial charge in [0.2, 0.25) is 5.91 Å². The van der Waals surface area contributed by atoms with E-state index in [9.17, 15) is 9.59 Å². The zero-order chi connectivity index (χ0) is 14.5. The van der Waals surface area contributed by atoms with Crippen LogP contribution in [0.5, 0.6) is 0 Å². The molecule has 1 rings (SSSR count). The Labute approximate surface area is 115 Å². The summed E-state index contributed by atoms with van der Waals surface area (Å²) in [7, 11) is 0. The molecule has 4 nitrogen and oxygen atoms in total. The Morgan fingerprint density at radius 3 is 2.26 bits per heavy atom. The number of amides is 1. The van der Waals surface area contributed by atoms with Crippen LogP contribution in [-0.4, -0.2) is 23.0 Å². The second-order valence-electron chi connectivity index (χ2n) is 6.07. The molecule has 0 aromatic heterocycles. The van der Waals surface area contributed by atoms with Gasteiger partial charge in [0.25, 0.3) is 0 Å². The second-order valence-corrected chi connectivity index (χ2v) is 6.07. The maximum absolute atomic E-state index is 11.5. The fourth-order valence-corrected chi connectivity index (χ4v) is 2.70. The van der Waals surface area contributed by atoms with E-state index in [1.165, 1.54) is 6.42 Å². The van der Waals surface area contributed by atoms with Gasteiger partial charge in [-0.3, -0.25) is 4.79 Å². The Kier molecular flexibility index (Phi) is 5.58. The van der Waals surface area contributed by atoms with Crippen molar-refractivity contribution < 1.29 is 14.7 Å². The van der Waals surface area contributed by atoms with Crippen molar-refractivity contribution >= 4 is 11.9 Å². The predicted octanol–water partition coefficient (Wildman–Crippen LogP) is 2.74. The van der Waals surface area contributed by atoms with E-state index in [1.54, 1.807) is 0 Å². The van der Waals surface area contributed by atoms with Crippen molar-refractivity contribution in [2.75, 3.05) is 0 Å². The number of carbonyl (C=O) groups is 2. The lowest BCUT2D eigenvalue weighted by Crippen LogP contribution is -2.39. The molecule has 108 valence electrons. The highest BCUT2D eigenvalue weighted by Crippen LogP contribution is 2.40. The predicted molar refractivity (Wildman–Crippen MR) is 74.7 cm³/mol. The van der Waals surface area contributed by atoms with Crippen LogP contribution in [0.3, 0.4) is 0 Å². The maximum Gasteiger partial charge on any atom is 0.328 e. The Hall–Kier alpha value is -1.32. The van der Waals surface area contributed by atoms with Gasteiger partial charge in [-0.25, -0.2) is 4.79 Å². The second kappa shape index (κ2) is 6.73. The van der Waals surface area contributed by atoms with Crippen LogP contribution in [-0.2, 0) is 9.59 Å². The van der Waals surface area contributed by atoms with E-state index in [4.69, 9.17) is 5.11 Å². The fourth-order valence-electron chi connectivity index (χ4n) is 2.70.